The van der Waals surface area contributed by atoms with Crippen molar-refractivity contribution in [1.82, 2.24) is 10.6 Å². The molecule has 166 valence electrons. The van der Waals surface area contributed by atoms with E-state index in [1.54, 1.807) is 62.6 Å². The Morgan fingerprint density at radius 1 is 1.06 bits per heavy atom. The smallest absolute Gasteiger partial charge is 0.338 e. The van der Waals surface area contributed by atoms with E-state index in [0.29, 0.717) is 11.3 Å². The molecule has 0 aliphatic carbocycles. The molecule has 2 amide bonds. The molecular weight excluding hydrogens is 412 g/mol. The Balaban J connectivity index is 1.80. The lowest BCUT2D eigenvalue weighted by Crippen LogP contribution is -2.47. The number of hydrogen-bond acceptors (Lipinski definition) is 6. The van der Waals surface area contributed by atoms with Gasteiger partial charge in [0.2, 0.25) is 0 Å². The van der Waals surface area contributed by atoms with Gasteiger partial charge in [0.05, 0.1) is 31.0 Å². The molecular formula is C24H24N2O6. The molecule has 0 fully saturated rings. The highest BCUT2D eigenvalue weighted by molar-refractivity contribution is 5.95. The molecule has 1 heterocycles. The molecule has 0 spiro atoms. The maximum absolute atomic E-state index is 12.7. The highest BCUT2D eigenvalue weighted by atomic mass is 16.5. The van der Waals surface area contributed by atoms with Crippen LogP contribution in [0.15, 0.2) is 71.9 Å². The maximum atomic E-state index is 12.7. The first-order chi connectivity index (χ1) is 15.5. The van der Waals surface area contributed by atoms with Gasteiger partial charge in [0.15, 0.2) is 0 Å². The number of benzene rings is 2. The number of rotatable bonds is 8. The molecule has 3 rings (SSSR count). The second-order valence-corrected chi connectivity index (χ2v) is 6.77. The van der Waals surface area contributed by atoms with Crippen LogP contribution in [0.3, 0.4) is 0 Å². The first-order valence-electron chi connectivity index (χ1n) is 10.0. The van der Waals surface area contributed by atoms with E-state index >= 15 is 0 Å². The molecule has 0 saturated carbocycles. The number of ether oxygens (including phenoxy) is 3. The summed E-state index contributed by atoms with van der Waals surface area (Å²) in [4.78, 5) is 37.1. The molecule has 1 aliphatic rings. The first-order valence-corrected chi connectivity index (χ1v) is 10.0. The third-order valence-electron chi connectivity index (χ3n) is 4.65. The van der Waals surface area contributed by atoms with Crippen molar-refractivity contribution in [1.29, 1.82) is 0 Å². The number of nitrogens with one attached hydrogen (secondary N) is 2. The van der Waals surface area contributed by atoms with Crippen molar-refractivity contribution in [2.45, 2.75) is 13.0 Å². The molecule has 0 radical (unpaired) electrons. The molecule has 1 atom stereocenters. The van der Waals surface area contributed by atoms with Gasteiger partial charge in [0.25, 0.3) is 0 Å². The summed E-state index contributed by atoms with van der Waals surface area (Å²) in [5.41, 5.74) is 1.81. The summed E-state index contributed by atoms with van der Waals surface area (Å²) < 4.78 is 15.6. The number of esters is 2. The number of carbonyl (C=O) groups is 3. The van der Waals surface area contributed by atoms with E-state index in [1.807, 2.05) is 12.1 Å². The predicted octanol–water partition coefficient (Wildman–Crippen LogP) is 3.12. The number of amides is 2. The topological polar surface area (TPSA) is 103 Å². The highest BCUT2D eigenvalue weighted by Crippen LogP contribution is 2.27. The van der Waals surface area contributed by atoms with Crippen LogP contribution in [0.4, 0.5) is 4.79 Å². The van der Waals surface area contributed by atoms with Crippen molar-refractivity contribution in [2.24, 2.45) is 0 Å². The molecule has 8 heteroatoms. The molecule has 0 aromatic heterocycles. The molecule has 2 N–H and O–H groups in total. The first kappa shape index (κ1) is 22.6. The van der Waals surface area contributed by atoms with Crippen LogP contribution in [0.1, 0.15) is 24.1 Å². The van der Waals surface area contributed by atoms with Gasteiger partial charge < -0.3 is 24.8 Å². The average molecular weight is 436 g/mol. The third-order valence-corrected chi connectivity index (χ3v) is 4.65. The predicted molar refractivity (Wildman–Crippen MR) is 117 cm³/mol. The van der Waals surface area contributed by atoms with Gasteiger partial charge in [-0.1, -0.05) is 42.5 Å². The number of methoxy groups -OCH3 is 1. The normalized spacial score (nSPS) is 15.7. The zero-order valence-electron chi connectivity index (χ0n) is 17.8. The summed E-state index contributed by atoms with van der Waals surface area (Å²) in [6, 6.07) is 14.9. The van der Waals surface area contributed by atoms with Crippen molar-refractivity contribution >= 4 is 24.0 Å². The second kappa shape index (κ2) is 10.8. The Bertz CT molecular complexity index is 1050. The van der Waals surface area contributed by atoms with Gasteiger partial charge >= 0.3 is 18.0 Å². The highest BCUT2D eigenvalue weighted by Gasteiger charge is 2.34. The summed E-state index contributed by atoms with van der Waals surface area (Å²) in [6.45, 7) is 1.55. The van der Waals surface area contributed by atoms with Crippen molar-refractivity contribution < 1.29 is 28.6 Å². The van der Waals surface area contributed by atoms with Gasteiger partial charge in [-0.05, 0) is 36.3 Å². The van der Waals surface area contributed by atoms with Crippen LogP contribution in [-0.4, -0.2) is 38.3 Å². The Kier molecular flexibility index (Phi) is 7.64. The minimum Gasteiger partial charge on any atom is -0.497 e. The third kappa shape index (κ3) is 5.75. The zero-order chi connectivity index (χ0) is 22.9. The van der Waals surface area contributed by atoms with E-state index in [9.17, 15) is 14.4 Å². The van der Waals surface area contributed by atoms with Gasteiger partial charge in [-0.25, -0.2) is 14.4 Å². The Hall–Kier alpha value is -4.07. The minimum atomic E-state index is -0.731. The Morgan fingerprint density at radius 2 is 1.84 bits per heavy atom. The monoisotopic (exact) mass is 436 g/mol. The van der Waals surface area contributed by atoms with Crippen molar-refractivity contribution in [3.05, 3.63) is 83.1 Å². The van der Waals surface area contributed by atoms with Crippen LogP contribution in [-0.2, 0) is 19.1 Å². The molecule has 1 unspecified atom stereocenters. The SMILES string of the molecule is CCOC(=O)C1=C(COC(=O)/C=C/c2cccc(OC)c2)NC(=O)NC1c1ccccc1. The van der Waals surface area contributed by atoms with E-state index in [-0.39, 0.29) is 24.5 Å². The van der Waals surface area contributed by atoms with Gasteiger partial charge in [-0.2, -0.15) is 0 Å². The summed E-state index contributed by atoms with van der Waals surface area (Å²) in [7, 11) is 1.56. The number of urea groups is 1. The summed E-state index contributed by atoms with van der Waals surface area (Å²) in [6.07, 6.45) is 2.84. The van der Waals surface area contributed by atoms with Gasteiger partial charge in [-0.15, -0.1) is 0 Å². The second-order valence-electron chi connectivity index (χ2n) is 6.77. The quantitative estimate of drug-likeness (QED) is 0.487. The standard InChI is InChI=1S/C24H24N2O6/c1-3-31-23(28)21-19(25-24(29)26-22(21)17-9-5-4-6-10-17)15-32-20(27)13-12-16-8-7-11-18(14-16)30-2/h4-14,22H,3,15H2,1-2H3,(H2,25,26,29)/b13-12+. The van der Waals surface area contributed by atoms with E-state index in [1.165, 1.54) is 6.08 Å². The van der Waals surface area contributed by atoms with E-state index < -0.39 is 24.0 Å². The summed E-state index contributed by atoms with van der Waals surface area (Å²) >= 11 is 0. The van der Waals surface area contributed by atoms with Crippen molar-refractivity contribution in [3.63, 3.8) is 0 Å². The lowest BCUT2D eigenvalue weighted by molar-refractivity contribution is -0.140. The molecule has 0 saturated heterocycles. The fourth-order valence-corrected chi connectivity index (χ4v) is 3.18. The van der Waals surface area contributed by atoms with Crippen LogP contribution < -0.4 is 15.4 Å². The van der Waals surface area contributed by atoms with Crippen molar-refractivity contribution in [3.8, 4) is 5.75 Å². The Labute approximate surface area is 185 Å². The molecule has 1 aliphatic heterocycles. The summed E-state index contributed by atoms with van der Waals surface area (Å²) in [5, 5.41) is 5.28. The minimum absolute atomic E-state index is 0.161. The van der Waals surface area contributed by atoms with Gasteiger partial charge in [0.1, 0.15) is 12.4 Å². The maximum Gasteiger partial charge on any atom is 0.338 e. The van der Waals surface area contributed by atoms with E-state index in [4.69, 9.17) is 14.2 Å². The van der Waals surface area contributed by atoms with Gasteiger partial charge in [0, 0.05) is 6.08 Å². The molecule has 2 aromatic rings. The number of hydrogen-bond donors (Lipinski definition) is 2. The van der Waals surface area contributed by atoms with Crippen LogP contribution in [0.5, 0.6) is 5.75 Å². The largest absolute Gasteiger partial charge is 0.497 e. The van der Waals surface area contributed by atoms with Gasteiger partial charge in [-0.3, -0.25) is 0 Å². The zero-order valence-corrected chi connectivity index (χ0v) is 17.8. The lowest BCUT2D eigenvalue weighted by Gasteiger charge is -2.29. The molecule has 32 heavy (non-hydrogen) atoms. The fourth-order valence-electron chi connectivity index (χ4n) is 3.18. The van der Waals surface area contributed by atoms with Crippen LogP contribution in [0, 0.1) is 0 Å². The van der Waals surface area contributed by atoms with Crippen LogP contribution in [0.25, 0.3) is 6.08 Å². The molecule has 8 nitrogen and oxygen atoms in total. The average Bonchev–Trinajstić information content (AvgIpc) is 2.81. The lowest BCUT2D eigenvalue weighted by atomic mass is 9.95. The Morgan fingerprint density at radius 3 is 2.56 bits per heavy atom. The number of carbonyl (C=O) groups excluding carboxylic acids is 3. The molecule has 0 bridgehead atoms. The fraction of sp³-hybridized carbons (Fsp3) is 0.208. The molecule has 2 aromatic carbocycles. The summed E-state index contributed by atoms with van der Waals surface area (Å²) in [5.74, 6) is -0.575. The van der Waals surface area contributed by atoms with Crippen LogP contribution >= 0.6 is 0 Å². The van der Waals surface area contributed by atoms with E-state index in [0.717, 1.165) is 5.56 Å². The van der Waals surface area contributed by atoms with E-state index in [2.05, 4.69) is 10.6 Å². The van der Waals surface area contributed by atoms with Crippen molar-refractivity contribution in [2.75, 3.05) is 20.3 Å². The van der Waals surface area contributed by atoms with Crippen LogP contribution in [0.2, 0.25) is 0 Å².